The molecular formula is C11H9Br2NO3. The van der Waals surface area contributed by atoms with E-state index < -0.39 is 11.5 Å². The topological polar surface area (TPSA) is 66.4 Å². The Morgan fingerprint density at radius 1 is 1.47 bits per heavy atom. The van der Waals surface area contributed by atoms with Crippen LogP contribution in [-0.4, -0.2) is 16.8 Å². The van der Waals surface area contributed by atoms with E-state index in [-0.39, 0.29) is 12.2 Å². The van der Waals surface area contributed by atoms with E-state index in [1.165, 1.54) is 6.92 Å². The van der Waals surface area contributed by atoms with Crippen LogP contribution in [0.3, 0.4) is 0 Å². The zero-order valence-electron chi connectivity index (χ0n) is 8.88. The molecular weight excluding hydrogens is 354 g/mol. The van der Waals surface area contributed by atoms with Crippen molar-refractivity contribution in [2.45, 2.75) is 18.9 Å². The SMILES string of the molecule is CC(=O)C[C@@]1(O)C(=O)Nc2c(Br)cc(Br)cc21. The lowest BCUT2D eigenvalue weighted by atomic mass is 9.90. The number of nitrogens with one attached hydrogen (secondary N) is 1. The highest BCUT2D eigenvalue weighted by atomic mass is 79.9. The van der Waals surface area contributed by atoms with Gasteiger partial charge in [-0.1, -0.05) is 15.9 Å². The van der Waals surface area contributed by atoms with E-state index in [0.29, 0.717) is 15.7 Å². The summed E-state index contributed by atoms with van der Waals surface area (Å²) in [5.41, 5.74) is -0.839. The first-order valence-electron chi connectivity index (χ1n) is 4.87. The van der Waals surface area contributed by atoms with Gasteiger partial charge in [0.05, 0.1) is 5.69 Å². The summed E-state index contributed by atoms with van der Waals surface area (Å²) in [6, 6.07) is 3.40. The molecule has 4 nitrogen and oxygen atoms in total. The van der Waals surface area contributed by atoms with Gasteiger partial charge in [-0.05, 0) is 35.0 Å². The first kappa shape index (κ1) is 12.7. The van der Waals surface area contributed by atoms with Gasteiger partial charge < -0.3 is 10.4 Å². The average molecular weight is 363 g/mol. The van der Waals surface area contributed by atoms with Crippen molar-refractivity contribution in [3.8, 4) is 0 Å². The Hall–Kier alpha value is -0.720. The number of rotatable bonds is 2. The van der Waals surface area contributed by atoms with Crippen molar-refractivity contribution < 1.29 is 14.7 Å². The zero-order chi connectivity index (χ0) is 12.8. The summed E-state index contributed by atoms with van der Waals surface area (Å²) in [7, 11) is 0. The van der Waals surface area contributed by atoms with Crippen molar-refractivity contribution in [2.75, 3.05) is 5.32 Å². The van der Waals surface area contributed by atoms with Gasteiger partial charge >= 0.3 is 0 Å². The number of halogens is 2. The molecule has 0 bridgehead atoms. The summed E-state index contributed by atoms with van der Waals surface area (Å²) in [6.45, 7) is 1.34. The minimum absolute atomic E-state index is 0.227. The molecule has 0 unspecified atom stereocenters. The molecule has 0 fully saturated rings. The van der Waals surface area contributed by atoms with Gasteiger partial charge in [0.2, 0.25) is 0 Å². The molecule has 0 radical (unpaired) electrons. The largest absolute Gasteiger partial charge is 0.375 e. The molecule has 1 amide bonds. The van der Waals surface area contributed by atoms with Gasteiger partial charge in [0, 0.05) is 20.9 Å². The third-order valence-electron chi connectivity index (χ3n) is 2.62. The second-order valence-corrected chi connectivity index (χ2v) is 5.77. The van der Waals surface area contributed by atoms with Crippen molar-refractivity contribution in [3.05, 3.63) is 26.6 Å². The number of amides is 1. The van der Waals surface area contributed by atoms with Crippen LogP contribution in [-0.2, 0) is 15.2 Å². The van der Waals surface area contributed by atoms with Crippen LogP contribution < -0.4 is 5.32 Å². The summed E-state index contributed by atoms with van der Waals surface area (Å²) in [6.07, 6.45) is -0.227. The Morgan fingerprint density at radius 3 is 2.71 bits per heavy atom. The van der Waals surface area contributed by atoms with Gasteiger partial charge in [0.15, 0.2) is 5.60 Å². The third-order valence-corrected chi connectivity index (χ3v) is 3.70. The number of benzene rings is 1. The minimum atomic E-state index is -1.77. The normalized spacial score (nSPS) is 22.2. The van der Waals surface area contributed by atoms with Gasteiger partial charge in [-0.25, -0.2) is 0 Å². The number of ketones is 1. The number of hydrogen-bond acceptors (Lipinski definition) is 3. The van der Waals surface area contributed by atoms with E-state index in [1.807, 2.05) is 0 Å². The number of hydrogen-bond donors (Lipinski definition) is 2. The summed E-state index contributed by atoms with van der Waals surface area (Å²) in [5.74, 6) is -0.812. The van der Waals surface area contributed by atoms with Crippen molar-refractivity contribution in [2.24, 2.45) is 0 Å². The van der Waals surface area contributed by atoms with Crippen molar-refractivity contribution >= 4 is 49.2 Å². The fraction of sp³-hybridized carbons (Fsp3) is 0.273. The number of carbonyl (C=O) groups excluding carboxylic acids is 2. The lowest BCUT2D eigenvalue weighted by Crippen LogP contribution is -2.35. The predicted octanol–water partition coefficient (Wildman–Crippen LogP) is 2.33. The summed E-state index contributed by atoms with van der Waals surface area (Å²) >= 11 is 6.59. The highest BCUT2D eigenvalue weighted by Crippen LogP contribution is 2.43. The molecule has 1 aromatic rings. The van der Waals surface area contributed by atoms with Crippen LogP contribution in [0.2, 0.25) is 0 Å². The zero-order valence-corrected chi connectivity index (χ0v) is 12.1. The molecule has 6 heteroatoms. The summed E-state index contributed by atoms with van der Waals surface area (Å²) in [4.78, 5) is 23.0. The van der Waals surface area contributed by atoms with Gasteiger partial charge in [0.1, 0.15) is 5.78 Å². The monoisotopic (exact) mass is 361 g/mol. The highest BCUT2D eigenvalue weighted by molar-refractivity contribution is 9.11. The second kappa shape index (κ2) is 4.19. The first-order chi connectivity index (χ1) is 7.84. The summed E-state index contributed by atoms with van der Waals surface area (Å²) in [5, 5.41) is 12.9. The quantitative estimate of drug-likeness (QED) is 0.848. The van der Waals surface area contributed by atoms with Crippen LogP contribution in [0.15, 0.2) is 21.1 Å². The van der Waals surface area contributed by atoms with Gasteiger partial charge in [-0.15, -0.1) is 0 Å². The molecule has 0 spiro atoms. The standard InChI is InChI=1S/C11H9Br2NO3/c1-5(15)4-11(17)7-2-6(12)3-8(13)9(7)14-10(11)16/h2-3,17H,4H2,1H3,(H,14,16)/t11-/m0/s1. The van der Waals surface area contributed by atoms with E-state index >= 15 is 0 Å². The maximum atomic E-state index is 11.8. The van der Waals surface area contributed by atoms with E-state index in [0.717, 1.165) is 4.47 Å². The number of anilines is 1. The van der Waals surface area contributed by atoms with E-state index in [1.54, 1.807) is 12.1 Å². The lowest BCUT2D eigenvalue weighted by molar-refractivity contribution is -0.139. The van der Waals surface area contributed by atoms with Gasteiger partial charge in [-0.2, -0.15) is 0 Å². The molecule has 1 atom stereocenters. The van der Waals surface area contributed by atoms with Gasteiger partial charge in [-0.3, -0.25) is 9.59 Å². The van der Waals surface area contributed by atoms with Crippen LogP contribution in [0.5, 0.6) is 0 Å². The highest BCUT2D eigenvalue weighted by Gasteiger charge is 2.46. The summed E-state index contributed by atoms with van der Waals surface area (Å²) < 4.78 is 1.39. The molecule has 1 aliphatic rings. The molecule has 0 aliphatic carbocycles. The maximum absolute atomic E-state index is 11.8. The molecule has 2 rings (SSSR count). The Kier molecular flexibility index (Phi) is 3.14. The molecule has 0 saturated heterocycles. The minimum Gasteiger partial charge on any atom is -0.375 e. The van der Waals surface area contributed by atoms with E-state index in [4.69, 9.17) is 0 Å². The van der Waals surface area contributed by atoms with Crippen LogP contribution in [0.1, 0.15) is 18.9 Å². The lowest BCUT2D eigenvalue weighted by Gasteiger charge is -2.19. The predicted molar refractivity (Wildman–Crippen MR) is 69.7 cm³/mol. The molecule has 1 heterocycles. The fourth-order valence-electron chi connectivity index (χ4n) is 1.90. The maximum Gasteiger partial charge on any atom is 0.261 e. The molecule has 0 saturated carbocycles. The first-order valence-corrected chi connectivity index (χ1v) is 6.46. The smallest absolute Gasteiger partial charge is 0.261 e. The number of aliphatic hydroxyl groups is 1. The van der Waals surface area contributed by atoms with E-state index in [9.17, 15) is 14.7 Å². The van der Waals surface area contributed by atoms with E-state index in [2.05, 4.69) is 37.2 Å². The Labute approximate surface area is 115 Å². The van der Waals surface area contributed by atoms with Crippen molar-refractivity contribution in [3.63, 3.8) is 0 Å². The Bertz CT molecular complexity index is 530. The number of fused-ring (bicyclic) bond motifs is 1. The van der Waals surface area contributed by atoms with Gasteiger partial charge in [0.25, 0.3) is 5.91 Å². The second-order valence-electron chi connectivity index (χ2n) is 4.00. The van der Waals surface area contributed by atoms with Crippen LogP contribution in [0, 0.1) is 0 Å². The molecule has 17 heavy (non-hydrogen) atoms. The molecule has 0 aromatic heterocycles. The Balaban J connectivity index is 2.60. The molecule has 1 aliphatic heterocycles. The number of Topliss-reactive ketones (excluding diaryl/α,β-unsaturated/α-hetero) is 1. The fourth-order valence-corrected chi connectivity index (χ4v) is 3.23. The number of carbonyl (C=O) groups is 2. The average Bonchev–Trinajstić information content (AvgIpc) is 2.41. The third kappa shape index (κ3) is 2.05. The van der Waals surface area contributed by atoms with Crippen LogP contribution in [0.25, 0.3) is 0 Å². The van der Waals surface area contributed by atoms with Crippen molar-refractivity contribution in [1.29, 1.82) is 0 Å². The molecule has 1 aromatic carbocycles. The van der Waals surface area contributed by atoms with Crippen LogP contribution in [0.4, 0.5) is 5.69 Å². The Morgan fingerprint density at radius 2 is 2.12 bits per heavy atom. The molecule has 90 valence electrons. The van der Waals surface area contributed by atoms with Crippen LogP contribution >= 0.6 is 31.9 Å². The molecule has 2 N–H and O–H groups in total. The van der Waals surface area contributed by atoms with Crippen molar-refractivity contribution in [1.82, 2.24) is 0 Å².